The maximum absolute atomic E-state index is 11.2. The highest BCUT2D eigenvalue weighted by Crippen LogP contribution is 2.18. The number of hydrogen-bond donors (Lipinski definition) is 2. The van der Waals surface area contributed by atoms with Gasteiger partial charge in [0.05, 0.1) is 13.0 Å². The molecule has 3 N–H and O–H groups in total. The van der Waals surface area contributed by atoms with Crippen molar-refractivity contribution in [3.63, 3.8) is 0 Å². The first-order chi connectivity index (χ1) is 8.67. The number of nitrogens with two attached hydrogens (primary N) is 1. The van der Waals surface area contributed by atoms with Gasteiger partial charge in [-0.3, -0.25) is 4.79 Å². The number of carbonyl (C=O) groups excluding carboxylic acids is 1. The molecule has 0 saturated carbocycles. The summed E-state index contributed by atoms with van der Waals surface area (Å²) in [5.41, 5.74) is 7.03. The Hall–Kier alpha value is -1.55. The predicted octanol–water partition coefficient (Wildman–Crippen LogP) is 2.00. The summed E-state index contributed by atoms with van der Waals surface area (Å²) in [6.07, 6.45) is 1.29. The second-order valence-electron chi connectivity index (χ2n) is 4.14. The molecule has 0 aliphatic rings. The highest BCUT2D eigenvalue weighted by Gasteiger charge is 2.04. The van der Waals surface area contributed by atoms with Crippen molar-refractivity contribution in [1.82, 2.24) is 5.32 Å². The molecule has 0 fully saturated rings. The van der Waals surface area contributed by atoms with Crippen molar-refractivity contribution in [3.05, 3.63) is 29.8 Å². The Morgan fingerprint density at radius 3 is 2.56 bits per heavy atom. The zero-order chi connectivity index (χ0) is 13.4. The van der Waals surface area contributed by atoms with Gasteiger partial charge in [0.15, 0.2) is 0 Å². The van der Waals surface area contributed by atoms with Gasteiger partial charge in [0.25, 0.3) is 0 Å². The Bertz CT molecular complexity index is 363. The van der Waals surface area contributed by atoms with Crippen molar-refractivity contribution in [2.75, 3.05) is 13.2 Å². The SMILES string of the molecule is CCNC(=O)CCOc1ccc(C(N)CC)cc1. The lowest BCUT2D eigenvalue weighted by molar-refractivity contribution is -0.121. The summed E-state index contributed by atoms with van der Waals surface area (Å²) >= 11 is 0. The molecule has 0 bridgehead atoms. The molecule has 1 aromatic carbocycles. The van der Waals surface area contributed by atoms with Crippen LogP contribution in [0.4, 0.5) is 0 Å². The molecule has 0 aliphatic carbocycles. The number of benzene rings is 1. The van der Waals surface area contributed by atoms with E-state index in [4.69, 9.17) is 10.5 Å². The molecular weight excluding hydrogens is 228 g/mol. The van der Waals surface area contributed by atoms with Crippen LogP contribution in [-0.4, -0.2) is 19.1 Å². The molecule has 1 amide bonds. The van der Waals surface area contributed by atoms with Crippen LogP contribution < -0.4 is 15.8 Å². The predicted molar refractivity (Wildman–Crippen MR) is 72.5 cm³/mol. The zero-order valence-corrected chi connectivity index (χ0v) is 11.1. The Balaban J connectivity index is 2.37. The van der Waals surface area contributed by atoms with Crippen molar-refractivity contribution in [2.24, 2.45) is 5.73 Å². The van der Waals surface area contributed by atoms with E-state index in [0.717, 1.165) is 17.7 Å². The van der Waals surface area contributed by atoms with E-state index in [9.17, 15) is 4.79 Å². The number of amides is 1. The molecule has 18 heavy (non-hydrogen) atoms. The van der Waals surface area contributed by atoms with Gasteiger partial charge in [-0.15, -0.1) is 0 Å². The molecule has 4 nitrogen and oxygen atoms in total. The third kappa shape index (κ3) is 4.75. The molecule has 4 heteroatoms. The summed E-state index contributed by atoms with van der Waals surface area (Å²) in [5, 5.41) is 2.73. The Kier molecular flexibility index (Phi) is 6.22. The molecule has 1 rings (SSSR count). The van der Waals surface area contributed by atoms with Gasteiger partial charge in [-0.05, 0) is 31.0 Å². The van der Waals surface area contributed by atoms with Crippen LogP contribution in [0.25, 0.3) is 0 Å². The minimum atomic E-state index is 0.0159. The van der Waals surface area contributed by atoms with E-state index in [1.165, 1.54) is 0 Å². The van der Waals surface area contributed by atoms with Gasteiger partial charge in [-0.2, -0.15) is 0 Å². The summed E-state index contributed by atoms with van der Waals surface area (Å²) in [6, 6.07) is 7.80. The van der Waals surface area contributed by atoms with Crippen LogP contribution >= 0.6 is 0 Å². The van der Waals surface area contributed by atoms with E-state index in [-0.39, 0.29) is 11.9 Å². The number of hydrogen-bond acceptors (Lipinski definition) is 3. The quantitative estimate of drug-likeness (QED) is 0.778. The average molecular weight is 250 g/mol. The lowest BCUT2D eigenvalue weighted by atomic mass is 10.1. The summed E-state index contributed by atoms with van der Waals surface area (Å²) in [6.45, 7) is 5.00. The molecule has 0 aromatic heterocycles. The fourth-order valence-corrected chi connectivity index (χ4v) is 1.59. The summed E-state index contributed by atoms with van der Waals surface area (Å²) < 4.78 is 5.49. The minimum Gasteiger partial charge on any atom is -0.493 e. The standard InChI is InChI=1S/C14H22N2O2/c1-3-13(15)11-5-7-12(8-6-11)18-10-9-14(17)16-4-2/h5-8,13H,3-4,9-10,15H2,1-2H3,(H,16,17). The Morgan fingerprint density at radius 1 is 1.33 bits per heavy atom. The molecule has 1 aromatic rings. The first-order valence-corrected chi connectivity index (χ1v) is 6.42. The fourth-order valence-electron chi connectivity index (χ4n) is 1.59. The number of nitrogens with one attached hydrogen (secondary N) is 1. The lowest BCUT2D eigenvalue weighted by Gasteiger charge is -2.10. The van der Waals surface area contributed by atoms with Gasteiger partial charge in [-0.1, -0.05) is 19.1 Å². The van der Waals surface area contributed by atoms with Crippen LogP contribution in [0.15, 0.2) is 24.3 Å². The van der Waals surface area contributed by atoms with E-state index >= 15 is 0 Å². The number of carbonyl (C=O) groups is 1. The number of rotatable bonds is 7. The van der Waals surface area contributed by atoms with Crippen LogP contribution in [0.2, 0.25) is 0 Å². The van der Waals surface area contributed by atoms with Crippen molar-refractivity contribution in [1.29, 1.82) is 0 Å². The molecule has 0 aliphatic heterocycles. The third-order valence-electron chi connectivity index (χ3n) is 2.72. The highest BCUT2D eigenvalue weighted by molar-refractivity contribution is 5.75. The summed E-state index contributed by atoms with van der Waals surface area (Å²) in [5.74, 6) is 0.786. The van der Waals surface area contributed by atoms with Crippen LogP contribution in [0.1, 0.15) is 38.3 Å². The van der Waals surface area contributed by atoms with E-state index in [1.807, 2.05) is 31.2 Å². The van der Waals surface area contributed by atoms with Gasteiger partial charge >= 0.3 is 0 Å². The molecular formula is C14H22N2O2. The van der Waals surface area contributed by atoms with Gasteiger partial charge < -0.3 is 15.8 Å². The van der Waals surface area contributed by atoms with Crippen molar-refractivity contribution in [3.8, 4) is 5.75 Å². The molecule has 0 spiro atoms. The molecule has 0 radical (unpaired) electrons. The van der Waals surface area contributed by atoms with Crippen molar-refractivity contribution < 1.29 is 9.53 Å². The Labute approximate surface area is 109 Å². The monoisotopic (exact) mass is 250 g/mol. The smallest absolute Gasteiger partial charge is 0.223 e. The topological polar surface area (TPSA) is 64.3 Å². The fraction of sp³-hybridized carbons (Fsp3) is 0.500. The van der Waals surface area contributed by atoms with Crippen LogP contribution in [0, 0.1) is 0 Å². The van der Waals surface area contributed by atoms with Gasteiger partial charge in [0.1, 0.15) is 5.75 Å². The first-order valence-electron chi connectivity index (χ1n) is 6.42. The molecule has 0 saturated heterocycles. The molecule has 1 atom stereocenters. The van der Waals surface area contributed by atoms with Gasteiger partial charge in [-0.25, -0.2) is 0 Å². The minimum absolute atomic E-state index is 0.0159. The van der Waals surface area contributed by atoms with Gasteiger partial charge in [0.2, 0.25) is 5.91 Å². The normalized spacial score (nSPS) is 11.9. The van der Waals surface area contributed by atoms with E-state index < -0.39 is 0 Å². The second-order valence-corrected chi connectivity index (χ2v) is 4.14. The lowest BCUT2D eigenvalue weighted by Crippen LogP contribution is -2.24. The van der Waals surface area contributed by atoms with Crippen LogP contribution in [0.3, 0.4) is 0 Å². The van der Waals surface area contributed by atoms with Crippen LogP contribution in [-0.2, 0) is 4.79 Å². The summed E-state index contributed by atoms with van der Waals surface area (Å²) in [7, 11) is 0. The summed E-state index contributed by atoms with van der Waals surface area (Å²) in [4.78, 5) is 11.2. The highest BCUT2D eigenvalue weighted by atomic mass is 16.5. The average Bonchev–Trinajstić information content (AvgIpc) is 2.39. The van der Waals surface area contributed by atoms with Crippen molar-refractivity contribution >= 4 is 5.91 Å². The Morgan fingerprint density at radius 2 is 2.00 bits per heavy atom. The van der Waals surface area contributed by atoms with Crippen molar-refractivity contribution in [2.45, 2.75) is 32.7 Å². The second kappa shape index (κ2) is 7.71. The largest absolute Gasteiger partial charge is 0.493 e. The maximum atomic E-state index is 11.2. The molecule has 100 valence electrons. The van der Waals surface area contributed by atoms with Gasteiger partial charge in [0, 0.05) is 12.6 Å². The maximum Gasteiger partial charge on any atom is 0.223 e. The molecule has 0 heterocycles. The number of ether oxygens (including phenoxy) is 1. The van der Waals surface area contributed by atoms with Crippen LogP contribution in [0.5, 0.6) is 5.75 Å². The molecule has 1 unspecified atom stereocenters. The van der Waals surface area contributed by atoms with E-state index in [2.05, 4.69) is 12.2 Å². The zero-order valence-electron chi connectivity index (χ0n) is 11.1. The first kappa shape index (κ1) is 14.5. The van der Waals surface area contributed by atoms with E-state index in [0.29, 0.717) is 19.6 Å². The van der Waals surface area contributed by atoms with E-state index in [1.54, 1.807) is 0 Å². The third-order valence-corrected chi connectivity index (χ3v) is 2.72.